The minimum absolute atomic E-state index is 0.119. The lowest BCUT2D eigenvalue weighted by atomic mass is 9.65. The van der Waals surface area contributed by atoms with Gasteiger partial charge in [-0.3, -0.25) is 9.59 Å². The second-order valence-electron chi connectivity index (χ2n) is 6.26. The molecule has 3 aliphatic carbocycles. The van der Waals surface area contributed by atoms with Crippen LogP contribution in [0.1, 0.15) is 12.8 Å². The Balaban J connectivity index is 1.87. The number of allylic oxidation sites excluding steroid dienone is 2. The maximum atomic E-state index is 11.8. The Morgan fingerprint density at radius 2 is 1.18 bits per heavy atom. The Morgan fingerprint density at radius 1 is 0.818 bits per heavy atom. The number of carbonyl (C=O) groups excluding carboxylic acids is 2. The van der Waals surface area contributed by atoms with Gasteiger partial charge < -0.3 is 4.74 Å². The molecule has 0 spiro atoms. The maximum absolute atomic E-state index is 11.8. The van der Waals surface area contributed by atoms with Crippen molar-refractivity contribution in [1.82, 2.24) is 0 Å². The van der Waals surface area contributed by atoms with E-state index in [1.807, 2.05) is 0 Å². The van der Waals surface area contributed by atoms with Crippen LogP contribution in [-0.4, -0.2) is 26.0 Å². The highest BCUT2D eigenvalue weighted by atomic mass is 35.5. The van der Waals surface area contributed by atoms with Gasteiger partial charge in [0, 0.05) is 0 Å². The van der Waals surface area contributed by atoms with Crippen molar-refractivity contribution in [3.05, 3.63) is 10.1 Å². The molecule has 4 rings (SSSR count). The fourth-order valence-corrected chi connectivity index (χ4v) is 7.61. The van der Waals surface area contributed by atoms with Gasteiger partial charge in [-0.2, -0.15) is 0 Å². The van der Waals surface area contributed by atoms with Gasteiger partial charge >= 0.3 is 11.9 Å². The molecule has 0 radical (unpaired) electrons. The van der Waals surface area contributed by atoms with E-state index in [4.69, 9.17) is 74.3 Å². The second kappa shape index (κ2) is 4.42. The number of cyclic esters (lactones) is 2. The van der Waals surface area contributed by atoms with Gasteiger partial charge in [-0.25, -0.2) is 0 Å². The van der Waals surface area contributed by atoms with E-state index in [1.165, 1.54) is 0 Å². The van der Waals surface area contributed by atoms with E-state index in [2.05, 4.69) is 0 Å². The Labute approximate surface area is 156 Å². The third-order valence-electron chi connectivity index (χ3n) is 5.56. The molecular weight excluding hydrogens is 417 g/mol. The van der Waals surface area contributed by atoms with Crippen LogP contribution in [0.3, 0.4) is 0 Å². The fraction of sp³-hybridized carbons (Fsp3) is 0.692. The molecule has 22 heavy (non-hydrogen) atoms. The lowest BCUT2D eigenvalue weighted by Crippen LogP contribution is -2.44. The quantitative estimate of drug-likeness (QED) is 0.333. The number of hydrogen-bond acceptors (Lipinski definition) is 3. The number of halogens is 6. The molecule has 2 saturated carbocycles. The highest BCUT2D eigenvalue weighted by molar-refractivity contribution is 6.65. The van der Waals surface area contributed by atoms with E-state index in [1.54, 1.807) is 0 Å². The van der Waals surface area contributed by atoms with Crippen molar-refractivity contribution in [2.75, 3.05) is 0 Å². The van der Waals surface area contributed by atoms with Crippen LogP contribution in [0.15, 0.2) is 10.1 Å². The highest BCUT2D eigenvalue weighted by Crippen LogP contribution is 2.79. The number of hydrogen-bond donors (Lipinski definition) is 0. The molecular formula is C13H8Cl6O3. The summed E-state index contributed by atoms with van der Waals surface area (Å²) in [6, 6.07) is 0. The van der Waals surface area contributed by atoms with Gasteiger partial charge in [0.05, 0.1) is 21.9 Å². The van der Waals surface area contributed by atoms with Crippen LogP contribution in [0.4, 0.5) is 0 Å². The summed E-state index contributed by atoms with van der Waals surface area (Å²) in [6.07, 6.45) is 0.582. The van der Waals surface area contributed by atoms with Gasteiger partial charge in [0.25, 0.3) is 0 Å². The van der Waals surface area contributed by atoms with Gasteiger partial charge in [-0.15, -0.1) is 23.2 Å². The zero-order chi connectivity index (χ0) is 16.2. The van der Waals surface area contributed by atoms with Crippen LogP contribution in [-0.2, 0) is 14.3 Å². The summed E-state index contributed by atoms with van der Waals surface area (Å²) in [4.78, 5) is 20.9. The first-order chi connectivity index (χ1) is 10.1. The fourth-order valence-electron chi connectivity index (χ4n) is 4.51. The van der Waals surface area contributed by atoms with Crippen LogP contribution < -0.4 is 0 Å². The molecule has 4 aliphatic rings. The monoisotopic (exact) mass is 422 g/mol. The Kier molecular flexibility index (Phi) is 3.23. The van der Waals surface area contributed by atoms with Crippen molar-refractivity contribution in [2.45, 2.75) is 26.9 Å². The summed E-state index contributed by atoms with van der Waals surface area (Å²) in [5.41, 5.74) is 0. The lowest BCUT2D eigenvalue weighted by Gasteiger charge is -2.42. The molecule has 0 aromatic carbocycles. The normalized spacial score (nSPS) is 51.9. The Hall–Kier alpha value is 0.620. The SMILES string of the molecule is O=C1OC(=O)[C@@H]2C[C@@H]3[C@H](C[C@H]12)[C@@]1(Cl)C(Cl)=C(Cl)[C@@]3(Cl)C1(Cl)Cl. The minimum Gasteiger partial charge on any atom is -0.393 e. The summed E-state index contributed by atoms with van der Waals surface area (Å²) >= 11 is 39.0. The first-order valence-electron chi connectivity index (χ1n) is 6.65. The predicted octanol–water partition coefficient (Wildman–Crippen LogP) is 4.17. The molecule has 6 atom stereocenters. The summed E-state index contributed by atoms with van der Waals surface area (Å²) in [5.74, 6) is -2.93. The topological polar surface area (TPSA) is 43.4 Å². The number of carbonyl (C=O) groups is 2. The second-order valence-corrected chi connectivity index (χ2v) is 9.54. The zero-order valence-corrected chi connectivity index (χ0v) is 15.3. The zero-order valence-electron chi connectivity index (χ0n) is 10.7. The van der Waals surface area contributed by atoms with E-state index < -0.39 is 37.9 Å². The average molecular weight is 425 g/mol. The van der Waals surface area contributed by atoms with E-state index in [-0.39, 0.29) is 21.9 Å². The van der Waals surface area contributed by atoms with Gasteiger partial charge in [-0.05, 0) is 24.7 Å². The molecule has 0 unspecified atom stereocenters. The third kappa shape index (κ3) is 1.43. The molecule has 9 heteroatoms. The van der Waals surface area contributed by atoms with Crippen molar-refractivity contribution in [2.24, 2.45) is 23.7 Å². The number of esters is 2. The van der Waals surface area contributed by atoms with Crippen LogP contribution in [0.25, 0.3) is 0 Å². The summed E-state index contributed by atoms with van der Waals surface area (Å²) in [6.45, 7) is 0. The number of fused-ring (bicyclic) bond motifs is 6. The molecule has 1 heterocycles. The molecule has 1 saturated heterocycles. The highest BCUT2D eigenvalue weighted by Gasteiger charge is 2.83. The molecule has 3 fully saturated rings. The average Bonchev–Trinajstić information content (AvgIpc) is 2.85. The van der Waals surface area contributed by atoms with Crippen molar-refractivity contribution in [3.8, 4) is 0 Å². The standard InChI is InChI=1S/C13H8Cl6O3/c14-7-8(15)12(17)6-2-4-3(9(20)22-10(4)21)1-5(6)11(7,16)13(12,18)19/h3-6H,1-2H2/t3-,4+,5-,6+,11-,12-/m1/s1. The third-order valence-corrected chi connectivity index (χ3v) is 9.91. The lowest BCUT2D eigenvalue weighted by molar-refractivity contribution is -0.153. The first-order valence-corrected chi connectivity index (χ1v) is 8.92. The molecule has 0 N–H and O–H groups in total. The Bertz CT molecular complexity index is 608. The van der Waals surface area contributed by atoms with E-state index in [0.29, 0.717) is 12.8 Å². The molecule has 120 valence electrons. The van der Waals surface area contributed by atoms with Gasteiger partial charge in [0.2, 0.25) is 0 Å². The van der Waals surface area contributed by atoms with Gasteiger partial charge in [-0.1, -0.05) is 46.4 Å². The molecule has 0 amide bonds. The number of rotatable bonds is 0. The summed E-state index contributed by atoms with van der Waals surface area (Å²) in [5, 5.41) is 0.237. The first kappa shape index (κ1) is 16.1. The van der Waals surface area contributed by atoms with E-state index in [9.17, 15) is 9.59 Å². The molecule has 2 bridgehead atoms. The molecule has 1 aliphatic heterocycles. The molecule has 0 aromatic rings. The van der Waals surface area contributed by atoms with E-state index >= 15 is 0 Å². The molecule has 3 nitrogen and oxygen atoms in total. The number of ether oxygens (including phenoxy) is 1. The summed E-state index contributed by atoms with van der Waals surface area (Å²) in [7, 11) is 0. The van der Waals surface area contributed by atoms with Crippen LogP contribution in [0.5, 0.6) is 0 Å². The van der Waals surface area contributed by atoms with Crippen molar-refractivity contribution in [1.29, 1.82) is 0 Å². The van der Waals surface area contributed by atoms with Crippen LogP contribution in [0.2, 0.25) is 0 Å². The predicted molar refractivity (Wildman–Crippen MR) is 84.6 cm³/mol. The Morgan fingerprint density at radius 3 is 1.55 bits per heavy atom. The number of alkyl halides is 4. The van der Waals surface area contributed by atoms with Crippen molar-refractivity contribution < 1.29 is 14.3 Å². The molecule has 0 aromatic heterocycles. The largest absolute Gasteiger partial charge is 0.393 e. The van der Waals surface area contributed by atoms with Crippen molar-refractivity contribution in [3.63, 3.8) is 0 Å². The van der Waals surface area contributed by atoms with Crippen LogP contribution in [0, 0.1) is 23.7 Å². The van der Waals surface area contributed by atoms with Gasteiger partial charge in [0.15, 0.2) is 4.33 Å². The van der Waals surface area contributed by atoms with E-state index in [0.717, 1.165) is 0 Å². The van der Waals surface area contributed by atoms with Gasteiger partial charge in [0.1, 0.15) is 9.75 Å². The smallest absolute Gasteiger partial charge is 0.317 e. The van der Waals surface area contributed by atoms with Crippen LogP contribution >= 0.6 is 69.6 Å². The minimum atomic E-state index is -1.63. The van der Waals surface area contributed by atoms with Crippen molar-refractivity contribution >= 4 is 81.5 Å². The maximum Gasteiger partial charge on any atom is 0.317 e. The summed E-state index contributed by atoms with van der Waals surface area (Å²) < 4.78 is 3.10.